The van der Waals surface area contributed by atoms with Crippen molar-refractivity contribution in [2.75, 3.05) is 13.7 Å². The Balaban J connectivity index is 2.40. The Morgan fingerprint density at radius 1 is 1.04 bits per heavy atom. The van der Waals surface area contributed by atoms with E-state index in [0.29, 0.717) is 18.6 Å². The summed E-state index contributed by atoms with van der Waals surface area (Å²) in [5, 5.41) is 0. The van der Waals surface area contributed by atoms with Crippen LogP contribution in [0.4, 0.5) is 0 Å². The second kappa shape index (κ2) is 8.26. The van der Waals surface area contributed by atoms with Crippen LogP contribution in [0, 0.1) is 0 Å². The molecule has 2 aromatic carbocycles. The van der Waals surface area contributed by atoms with Crippen molar-refractivity contribution in [3.8, 4) is 11.1 Å². The molecule has 0 saturated heterocycles. The van der Waals surface area contributed by atoms with E-state index in [1.807, 2.05) is 36.4 Å². The van der Waals surface area contributed by atoms with Crippen molar-refractivity contribution < 1.29 is 19.1 Å². The Morgan fingerprint density at radius 3 is 2.33 bits per heavy atom. The summed E-state index contributed by atoms with van der Waals surface area (Å²) in [7, 11) is 1.35. The van der Waals surface area contributed by atoms with Gasteiger partial charge >= 0.3 is 11.9 Å². The van der Waals surface area contributed by atoms with Crippen LogP contribution in [-0.4, -0.2) is 31.7 Å². The summed E-state index contributed by atoms with van der Waals surface area (Å²) >= 11 is 0. The first kappa shape index (κ1) is 17.7. The van der Waals surface area contributed by atoms with Crippen LogP contribution in [0.25, 0.3) is 11.1 Å². The first-order chi connectivity index (χ1) is 11.6. The number of nitrogens with two attached hydrogens (primary N) is 1. The molecule has 0 aliphatic rings. The Morgan fingerprint density at radius 2 is 1.67 bits per heavy atom. The van der Waals surface area contributed by atoms with E-state index in [1.54, 1.807) is 19.1 Å². The average Bonchev–Trinajstić information content (AvgIpc) is 2.61. The van der Waals surface area contributed by atoms with Crippen molar-refractivity contribution in [2.45, 2.75) is 19.4 Å². The first-order valence-electron chi connectivity index (χ1n) is 7.76. The summed E-state index contributed by atoms with van der Waals surface area (Å²) in [5.74, 6) is -0.844. The zero-order valence-electron chi connectivity index (χ0n) is 13.8. The van der Waals surface area contributed by atoms with Gasteiger partial charge in [0, 0.05) is 0 Å². The maximum absolute atomic E-state index is 12.0. The van der Waals surface area contributed by atoms with E-state index in [9.17, 15) is 9.59 Å². The fourth-order valence-electron chi connectivity index (χ4n) is 2.54. The van der Waals surface area contributed by atoms with Gasteiger partial charge in [0.05, 0.1) is 19.3 Å². The van der Waals surface area contributed by atoms with Gasteiger partial charge in [0.1, 0.15) is 6.04 Å². The molecule has 1 atom stereocenters. The predicted octanol–water partition coefficient (Wildman–Crippen LogP) is 2.57. The minimum Gasteiger partial charge on any atom is -0.465 e. The number of hydrogen-bond donors (Lipinski definition) is 1. The van der Waals surface area contributed by atoms with Crippen LogP contribution in [0.5, 0.6) is 0 Å². The second-order valence-corrected chi connectivity index (χ2v) is 5.26. The number of carbonyl (C=O) groups excluding carboxylic acids is 2. The van der Waals surface area contributed by atoms with E-state index in [2.05, 4.69) is 0 Å². The number of methoxy groups -OCH3 is 1. The van der Waals surface area contributed by atoms with Gasteiger partial charge in [0.15, 0.2) is 0 Å². The van der Waals surface area contributed by atoms with Gasteiger partial charge in [-0.25, -0.2) is 4.79 Å². The van der Waals surface area contributed by atoms with Crippen molar-refractivity contribution in [1.82, 2.24) is 0 Å². The highest BCUT2D eigenvalue weighted by Gasteiger charge is 2.19. The molecule has 5 heteroatoms. The summed E-state index contributed by atoms with van der Waals surface area (Å²) in [6.45, 7) is 2.03. The fourth-order valence-corrected chi connectivity index (χ4v) is 2.54. The van der Waals surface area contributed by atoms with Gasteiger partial charge in [-0.3, -0.25) is 4.79 Å². The lowest BCUT2D eigenvalue weighted by molar-refractivity contribution is -0.144. The zero-order chi connectivity index (χ0) is 17.5. The van der Waals surface area contributed by atoms with E-state index < -0.39 is 18.0 Å². The summed E-state index contributed by atoms with van der Waals surface area (Å²) < 4.78 is 9.81. The molecule has 24 heavy (non-hydrogen) atoms. The third-order valence-electron chi connectivity index (χ3n) is 3.67. The van der Waals surface area contributed by atoms with Crippen LogP contribution in [0.1, 0.15) is 22.8 Å². The van der Waals surface area contributed by atoms with E-state index >= 15 is 0 Å². The highest BCUT2D eigenvalue weighted by molar-refractivity contribution is 5.97. The van der Waals surface area contributed by atoms with Crippen LogP contribution in [0.3, 0.4) is 0 Å². The molecule has 0 heterocycles. The number of carbonyl (C=O) groups is 2. The zero-order valence-corrected chi connectivity index (χ0v) is 13.8. The molecule has 5 nitrogen and oxygen atoms in total. The smallest absolute Gasteiger partial charge is 0.338 e. The number of benzene rings is 2. The molecule has 0 bridgehead atoms. The van der Waals surface area contributed by atoms with Crippen molar-refractivity contribution in [3.05, 3.63) is 59.7 Å². The predicted molar refractivity (Wildman–Crippen MR) is 91.5 cm³/mol. The van der Waals surface area contributed by atoms with Crippen LogP contribution in [0.2, 0.25) is 0 Å². The fraction of sp³-hybridized carbons (Fsp3) is 0.263. The maximum Gasteiger partial charge on any atom is 0.338 e. The highest BCUT2D eigenvalue weighted by Crippen LogP contribution is 2.28. The Hall–Kier alpha value is -2.66. The van der Waals surface area contributed by atoms with Gasteiger partial charge in [-0.15, -0.1) is 0 Å². The molecule has 126 valence electrons. The monoisotopic (exact) mass is 327 g/mol. The van der Waals surface area contributed by atoms with E-state index in [4.69, 9.17) is 15.2 Å². The molecule has 0 spiro atoms. The van der Waals surface area contributed by atoms with E-state index in [-0.39, 0.29) is 0 Å². The van der Waals surface area contributed by atoms with Crippen LogP contribution in [-0.2, 0) is 20.7 Å². The molecule has 0 saturated carbocycles. The number of ether oxygens (including phenoxy) is 2. The van der Waals surface area contributed by atoms with Gasteiger partial charge in [-0.05, 0) is 36.1 Å². The van der Waals surface area contributed by atoms with Crippen LogP contribution < -0.4 is 5.73 Å². The molecular formula is C19H21NO4. The summed E-state index contributed by atoms with van der Waals surface area (Å²) in [6.07, 6.45) is 0.324. The van der Waals surface area contributed by atoms with Crippen molar-refractivity contribution in [3.63, 3.8) is 0 Å². The molecule has 0 radical (unpaired) electrons. The summed E-state index contributed by atoms with van der Waals surface area (Å²) in [6, 6.07) is 14.0. The lowest BCUT2D eigenvalue weighted by atomic mass is 9.92. The Labute approximate surface area is 141 Å². The van der Waals surface area contributed by atoms with Gasteiger partial charge in [-0.1, -0.05) is 42.5 Å². The minimum absolute atomic E-state index is 0.291. The number of rotatable bonds is 6. The molecular weight excluding hydrogens is 306 g/mol. The quantitative estimate of drug-likeness (QED) is 0.825. The molecule has 0 aromatic heterocycles. The largest absolute Gasteiger partial charge is 0.465 e. The van der Waals surface area contributed by atoms with Crippen molar-refractivity contribution >= 4 is 11.9 Å². The van der Waals surface area contributed by atoms with Crippen LogP contribution in [0.15, 0.2) is 48.5 Å². The summed E-state index contributed by atoms with van der Waals surface area (Å²) in [4.78, 5) is 23.8. The molecule has 1 unspecified atom stereocenters. The summed E-state index contributed by atoms with van der Waals surface area (Å²) in [5.41, 5.74) is 8.87. The molecule has 2 N–H and O–H groups in total. The lowest BCUT2D eigenvalue weighted by Gasteiger charge is -2.15. The second-order valence-electron chi connectivity index (χ2n) is 5.26. The Bertz CT molecular complexity index is 727. The normalized spacial score (nSPS) is 11.6. The van der Waals surface area contributed by atoms with Gasteiger partial charge < -0.3 is 15.2 Å². The third-order valence-corrected chi connectivity index (χ3v) is 3.67. The first-order valence-corrected chi connectivity index (χ1v) is 7.76. The minimum atomic E-state index is -0.753. The SMILES string of the molecule is CCOC(=O)C(N)Cc1ccccc1-c1ccccc1C(=O)OC. The van der Waals surface area contributed by atoms with Crippen molar-refractivity contribution in [1.29, 1.82) is 0 Å². The third kappa shape index (κ3) is 4.00. The number of esters is 2. The maximum atomic E-state index is 12.0. The molecule has 2 rings (SSSR count). The number of hydrogen-bond acceptors (Lipinski definition) is 5. The molecule has 2 aromatic rings. The van der Waals surface area contributed by atoms with Crippen molar-refractivity contribution in [2.24, 2.45) is 5.73 Å². The van der Waals surface area contributed by atoms with Gasteiger partial charge in [0.2, 0.25) is 0 Å². The molecule has 0 aliphatic carbocycles. The standard InChI is InChI=1S/C19H21NO4/c1-3-24-19(22)17(20)12-13-8-4-5-9-14(13)15-10-6-7-11-16(15)18(21)23-2/h4-11,17H,3,12,20H2,1-2H3. The Kier molecular flexibility index (Phi) is 6.09. The highest BCUT2D eigenvalue weighted by atomic mass is 16.5. The average molecular weight is 327 g/mol. The molecule has 0 amide bonds. The van der Waals surface area contributed by atoms with E-state index in [0.717, 1.165) is 16.7 Å². The lowest BCUT2D eigenvalue weighted by Crippen LogP contribution is -2.34. The van der Waals surface area contributed by atoms with Gasteiger partial charge in [0.25, 0.3) is 0 Å². The molecule has 0 aliphatic heterocycles. The molecule has 0 fully saturated rings. The van der Waals surface area contributed by atoms with Gasteiger partial charge in [-0.2, -0.15) is 0 Å². The van der Waals surface area contributed by atoms with E-state index in [1.165, 1.54) is 7.11 Å². The topological polar surface area (TPSA) is 78.6 Å². The van der Waals surface area contributed by atoms with Crippen LogP contribution >= 0.6 is 0 Å².